The molecular formula is C11H10ClN3O3. The fraction of sp³-hybridized carbons (Fsp3) is 0.182. The lowest BCUT2D eigenvalue weighted by atomic mass is 10.3. The molecule has 6 nitrogen and oxygen atoms in total. The van der Waals surface area contributed by atoms with Gasteiger partial charge in [-0.3, -0.25) is 4.68 Å². The first-order chi connectivity index (χ1) is 8.59. The van der Waals surface area contributed by atoms with Gasteiger partial charge in [-0.05, 0) is 19.1 Å². The smallest absolute Gasteiger partial charge is 0.400 e. The number of aromatic nitrogens is 2. The molecule has 7 heteroatoms. The molecular weight excluding hydrogens is 258 g/mol. The molecule has 0 aliphatic heterocycles. The van der Waals surface area contributed by atoms with E-state index >= 15 is 0 Å². The van der Waals surface area contributed by atoms with Crippen LogP contribution in [0.3, 0.4) is 0 Å². The maximum absolute atomic E-state index is 11.4. The minimum Gasteiger partial charge on any atom is -0.457 e. The highest BCUT2D eigenvalue weighted by Gasteiger charge is 2.11. The molecule has 0 amide bonds. The van der Waals surface area contributed by atoms with E-state index in [1.165, 1.54) is 23.2 Å². The highest BCUT2D eigenvalue weighted by Crippen LogP contribution is 2.16. The van der Waals surface area contributed by atoms with Crippen LogP contribution in [0, 0.1) is 6.92 Å². The molecule has 0 atom stereocenters. The molecule has 0 aliphatic carbocycles. The Bertz CT molecular complexity index is 587. The molecule has 2 rings (SSSR count). The van der Waals surface area contributed by atoms with Crippen LogP contribution in [0.15, 0.2) is 28.0 Å². The number of hydrogen-bond acceptors (Lipinski definition) is 5. The van der Waals surface area contributed by atoms with Crippen LogP contribution in [0.1, 0.15) is 21.8 Å². The lowest BCUT2D eigenvalue weighted by molar-refractivity contribution is 0.0483. The van der Waals surface area contributed by atoms with Crippen LogP contribution in [-0.2, 0) is 11.9 Å². The average molecular weight is 268 g/mol. The lowest BCUT2D eigenvalue weighted by Gasteiger charge is -1.93. The van der Waals surface area contributed by atoms with E-state index in [0.717, 1.165) is 0 Å². The molecule has 2 aromatic rings. The third-order valence-corrected chi connectivity index (χ3v) is 2.68. The van der Waals surface area contributed by atoms with Gasteiger partial charge in [-0.15, -0.1) is 0 Å². The number of aryl methyl sites for hydroxylation is 2. The first-order valence-electron chi connectivity index (χ1n) is 5.07. The van der Waals surface area contributed by atoms with Gasteiger partial charge < -0.3 is 9.25 Å². The molecule has 0 fully saturated rings. The van der Waals surface area contributed by atoms with Gasteiger partial charge in [-0.1, -0.05) is 16.8 Å². The zero-order valence-electron chi connectivity index (χ0n) is 9.75. The van der Waals surface area contributed by atoms with E-state index in [1.54, 1.807) is 20.0 Å². The van der Waals surface area contributed by atoms with Gasteiger partial charge in [0.15, 0.2) is 0 Å². The van der Waals surface area contributed by atoms with Crippen LogP contribution in [0.4, 0.5) is 0 Å². The van der Waals surface area contributed by atoms with Crippen molar-refractivity contribution < 1.29 is 14.0 Å². The maximum atomic E-state index is 11.4. The predicted octanol–water partition coefficient (Wildman–Crippen LogP) is 2.17. The van der Waals surface area contributed by atoms with Gasteiger partial charge in [-0.25, -0.2) is 4.79 Å². The number of nitrogens with zero attached hydrogens (tertiary/aromatic N) is 3. The van der Waals surface area contributed by atoms with E-state index in [2.05, 4.69) is 15.1 Å². The third kappa shape index (κ3) is 2.43. The second-order valence-corrected chi connectivity index (χ2v) is 3.86. The molecule has 0 saturated carbocycles. The van der Waals surface area contributed by atoms with Gasteiger partial charge in [-0.2, -0.15) is 5.10 Å². The maximum Gasteiger partial charge on any atom is 0.400 e. The standard InChI is InChI=1S/C11H10ClN3O3/c1-7-8(10(12)15(2)14-7)6-13-18-11(16)9-4-3-5-17-9/h3-6H,1-2H3. The van der Waals surface area contributed by atoms with Crippen LogP contribution in [0.25, 0.3) is 0 Å². The van der Waals surface area contributed by atoms with Crippen molar-refractivity contribution in [2.75, 3.05) is 0 Å². The average Bonchev–Trinajstić information content (AvgIpc) is 2.93. The molecule has 0 spiro atoms. The second-order valence-electron chi connectivity index (χ2n) is 3.50. The fourth-order valence-corrected chi connectivity index (χ4v) is 1.58. The van der Waals surface area contributed by atoms with E-state index in [-0.39, 0.29) is 5.76 Å². The van der Waals surface area contributed by atoms with Crippen molar-refractivity contribution in [3.63, 3.8) is 0 Å². The summed E-state index contributed by atoms with van der Waals surface area (Å²) in [7, 11) is 1.71. The minimum absolute atomic E-state index is 0.0844. The van der Waals surface area contributed by atoms with Crippen molar-refractivity contribution in [2.24, 2.45) is 12.2 Å². The van der Waals surface area contributed by atoms with Crippen molar-refractivity contribution in [1.29, 1.82) is 0 Å². The molecule has 18 heavy (non-hydrogen) atoms. The number of oxime groups is 1. The van der Waals surface area contributed by atoms with Crippen molar-refractivity contribution in [3.05, 3.63) is 40.6 Å². The van der Waals surface area contributed by atoms with E-state index in [1.807, 2.05) is 0 Å². The normalized spacial score (nSPS) is 11.1. The SMILES string of the molecule is Cc1nn(C)c(Cl)c1C=NOC(=O)c1ccco1. The van der Waals surface area contributed by atoms with Crippen molar-refractivity contribution >= 4 is 23.8 Å². The van der Waals surface area contributed by atoms with E-state index in [4.69, 9.17) is 16.0 Å². The summed E-state index contributed by atoms with van der Waals surface area (Å²) in [5, 5.41) is 8.07. The number of carbonyl (C=O) groups excluding carboxylic acids is 1. The monoisotopic (exact) mass is 267 g/mol. The quantitative estimate of drug-likeness (QED) is 0.485. The minimum atomic E-state index is -0.672. The Morgan fingerprint density at radius 1 is 1.67 bits per heavy atom. The van der Waals surface area contributed by atoms with Gasteiger partial charge >= 0.3 is 5.97 Å². The highest BCUT2D eigenvalue weighted by molar-refractivity contribution is 6.32. The number of halogens is 1. The number of hydrogen-bond donors (Lipinski definition) is 0. The Morgan fingerprint density at radius 2 is 2.44 bits per heavy atom. The summed E-state index contributed by atoms with van der Waals surface area (Å²) >= 11 is 5.98. The van der Waals surface area contributed by atoms with Gasteiger partial charge in [0.1, 0.15) is 5.15 Å². The fourth-order valence-electron chi connectivity index (χ4n) is 1.36. The van der Waals surface area contributed by atoms with Gasteiger partial charge in [0, 0.05) is 7.05 Å². The molecule has 0 saturated heterocycles. The number of carbonyl (C=O) groups is 1. The number of furan rings is 1. The first-order valence-corrected chi connectivity index (χ1v) is 5.44. The lowest BCUT2D eigenvalue weighted by Crippen LogP contribution is -1.99. The highest BCUT2D eigenvalue weighted by atomic mass is 35.5. The molecule has 2 heterocycles. The summed E-state index contributed by atoms with van der Waals surface area (Å²) in [6.07, 6.45) is 2.72. The molecule has 0 bridgehead atoms. The topological polar surface area (TPSA) is 69.6 Å². The van der Waals surface area contributed by atoms with E-state index in [0.29, 0.717) is 16.4 Å². The molecule has 2 aromatic heterocycles. The molecule has 0 aliphatic rings. The van der Waals surface area contributed by atoms with Crippen LogP contribution in [-0.4, -0.2) is 22.0 Å². The molecule has 94 valence electrons. The molecule has 0 aromatic carbocycles. The van der Waals surface area contributed by atoms with Crippen LogP contribution in [0.5, 0.6) is 0 Å². The summed E-state index contributed by atoms with van der Waals surface area (Å²) in [4.78, 5) is 16.0. The number of rotatable bonds is 3. The third-order valence-electron chi connectivity index (χ3n) is 2.24. The Hall–Kier alpha value is -2.08. The molecule has 0 radical (unpaired) electrons. The van der Waals surface area contributed by atoms with Crippen LogP contribution < -0.4 is 0 Å². The summed E-state index contributed by atoms with van der Waals surface area (Å²) in [6.45, 7) is 1.78. The Labute approximate surface area is 108 Å². The van der Waals surface area contributed by atoms with Crippen molar-refractivity contribution in [1.82, 2.24) is 9.78 Å². The first kappa shape index (κ1) is 12.4. The Balaban J connectivity index is 2.06. The summed E-state index contributed by atoms with van der Waals surface area (Å²) in [6, 6.07) is 3.07. The predicted molar refractivity (Wildman–Crippen MR) is 64.7 cm³/mol. The zero-order valence-corrected chi connectivity index (χ0v) is 10.5. The van der Waals surface area contributed by atoms with E-state index in [9.17, 15) is 4.79 Å². The van der Waals surface area contributed by atoms with Crippen LogP contribution in [0.2, 0.25) is 5.15 Å². The van der Waals surface area contributed by atoms with Gasteiger partial charge in [0.25, 0.3) is 0 Å². The van der Waals surface area contributed by atoms with Crippen molar-refractivity contribution in [3.8, 4) is 0 Å². The van der Waals surface area contributed by atoms with Gasteiger partial charge in [0.2, 0.25) is 5.76 Å². The van der Waals surface area contributed by atoms with Crippen LogP contribution >= 0.6 is 11.6 Å². The zero-order chi connectivity index (χ0) is 13.1. The molecule has 0 N–H and O–H groups in total. The Morgan fingerprint density at radius 3 is 3.00 bits per heavy atom. The Kier molecular flexibility index (Phi) is 3.47. The second kappa shape index (κ2) is 5.05. The summed E-state index contributed by atoms with van der Waals surface area (Å²) in [5.74, 6) is -0.588. The van der Waals surface area contributed by atoms with Gasteiger partial charge in [0.05, 0.1) is 23.7 Å². The molecule has 0 unspecified atom stereocenters. The summed E-state index contributed by atoms with van der Waals surface area (Å²) in [5.41, 5.74) is 1.30. The largest absolute Gasteiger partial charge is 0.457 e. The summed E-state index contributed by atoms with van der Waals surface area (Å²) < 4.78 is 6.37. The van der Waals surface area contributed by atoms with Crippen molar-refractivity contribution in [2.45, 2.75) is 6.92 Å². The van der Waals surface area contributed by atoms with E-state index < -0.39 is 5.97 Å².